The molecule has 132 valence electrons. The molecule has 0 bridgehead atoms. The third-order valence-corrected chi connectivity index (χ3v) is 5.21. The normalized spacial score (nSPS) is 26.4. The standard InChI is InChI=1S/C17H26N4O3/c22-15(18-14-5-8-23-9-6-14)11-21-7-1-2-13(10-21)16-19-17(24-20-16)12-3-4-12/h12-14H,1-11H2,(H,18,22). The molecule has 1 atom stereocenters. The van der Waals surface area contributed by atoms with Crippen LogP contribution in [0.1, 0.15) is 62.1 Å². The molecule has 1 N–H and O–H groups in total. The van der Waals surface area contributed by atoms with Gasteiger partial charge in [0.1, 0.15) is 0 Å². The fourth-order valence-electron chi connectivity index (χ4n) is 3.64. The summed E-state index contributed by atoms with van der Waals surface area (Å²) < 4.78 is 10.7. The molecule has 0 radical (unpaired) electrons. The van der Waals surface area contributed by atoms with Crippen LogP contribution >= 0.6 is 0 Å². The maximum Gasteiger partial charge on any atom is 0.234 e. The van der Waals surface area contributed by atoms with Crippen molar-refractivity contribution in [1.29, 1.82) is 0 Å². The first-order valence-electron chi connectivity index (χ1n) is 9.21. The molecule has 3 aliphatic rings. The lowest BCUT2D eigenvalue weighted by Crippen LogP contribution is -2.46. The molecule has 1 saturated carbocycles. The summed E-state index contributed by atoms with van der Waals surface area (Å²) in [6.45, 7) is 3.76. The Balaban J connectivity index is 1.28. The monoisotopic (exact) mass is 334 g/mol. The Bertz CT molecular complexity index is 566. The van der Waals surface area contributed by atoms with Crippen LogP contribution in [0.3, 0.4) is 0 Å². The van der Waals surface area contributed by atoms with Crippen LogP contribution in [0.2, 0.25) is 0 Å². The van der Waals surface area contributed by atoms with Gasteiger partial charge in [0.15, 0.2) is 5.82 Å². The lowest BCUT2D eigenvalue weighted by atomic mass is 9.97. The molecule has 7 nitrogen and oxygen atoms in total. The molecule has 1 unspecified atom stereocenters. The maximum atomic E-state index is 12.3. The highest BCUT2D eigenvalue weighted by Gasteiger charge is 2.32. The first kappa shape index (κ1) is 16.0. The third kappa shape index (κ3) is 3.95. The van der Waals surface area contributed by atoms with Crippen LogP contribution < -0.4 is 5.32 Å². The number of nitrogens with zero attached hydrogens (tertiary/aromatic N) is 3. The van der Waals surface area contributed by atoms with E-state index in [1.165, 1.54) is 12.8 Å². The minimum absolute atomic E-state index is 0.120. The summed E-state index contributed by atoms with van der Waals surface area (Å²) in [5.74, 6) is 2.53. The smallest absolute Gasteiger partial charge is 0.234 e. The van der Waals surface area contributed by atoms with Gasteiger partial charge < -0.3 is 14.6 Å². The second-order valence-electron chi connectivity index (χ2n) is 7.29. The average molecular weight is 334 g/mol. The molecule has 3 heterocycles. The Kier molecular flexibility index (Phi) is 4.80. The summed E-state index contributed by atoms with van der Waals surface area (Å²) in [4.78, 5) is 19.1. The second-order valence-corrected chi connectivity index (χ2v) is 7.29. The molecule has 1 aromatic rings. The number of piperidine rings is 1. The van der Waals surface area contributed by atoms with Crippen LogP contribution in [0.5, 0.6) is 0 Å². The van der Waals surface area contributed by atoms with Crippen molar-refractivity contribution >= 4 is 5.91 Å². The Morgan fingerprint density at radius 3 is 2.79 bits per heavy atom. The van der Waals surface area contributed by atoms with E-state index in [0.29, 0.717) is 12.5 Å². The highest BCUT2D eigenvalue weighted by molar-refractivity contribution is 5.78. The van der Waals surface area contributed by atoms with E-state index in [4.69, 9.17) is 9.26 Å². The first-order chi connectivity index (χ1) is 11.8. The van der Waals surface area contributed by atoms with Crippen molar-refractivity contribution in [3.8, 4) is 0 Å². The van der Waals surface area contributed by atoms with Gasteiger partial charge in [-0.15, -0.1) is 0 Å². The number of amides is 1. The fourth-order valence-corrected chi connectivity index (χ4v) is 3.64. The van der Waals surface area contributed by atoms with Crippen LogP contribution in [0.4, 0.5) is 0 Å². The fraction of sp³-hybridized carbons (Fsp3) is 0.824. The van der Waals surface area contributed by atoms with Gasteiger partial charge in [-0.3, -0.25) is 9.69 Å². The zero-order valence-corrected chi connectivity index (χ0v) is 14.1. The molecule has 4 rings (SSSR count). The van der Waals surface area contributed by atoms with Crippen LogP contribution in [0, 0.1) is 0 Å². The van der Waals surface area contributed by atoms with Crippen LogP contribution in [-0.2, 0) is 9.53 Å². The zero-order valence-electron chi connectivity index (χ0n) is 14.1. The summed E-state index contributed by atoms with van der Waals surface area (Å²) in [5, 5.41) is 7.32. The van der Waals surface area contributed by atoms with Crippen molar-refractivity contribution < 1.29 is 14.1 Å². The molecule has 3 fully saturated rings. The third-order valence-electron chi connectivity index (χ3n) is 5.21. The van der Waals surface area contributed by atoms with Crippen molar-refractivity contribution in [3.05, 3.63) is 11.7 Å². The van der Waals surface area contributed by atoms with Gasteiger partial charge in [-0.1, -0.05) is 5.16 Å². The molecule has 2 aliphatic heterocycles. The lowest BCUT2D eigenvalue weighted by molar-refractivity contribution is -0.123. The molecule has 7 heteroatoms. The molecule has 1 aromatic heterocycles. The van der Waals surface area contributed by atoms with E-state index in [1.54, 1.807) is 0 Å². The molecule has 0 spiro atoms. The number of likely N-dealkylation sites (tertiary alicyclic amines) is 1. The van der Waals surface area contributed by atoms with Gasteiger partial charge in [0, 0.05) is 37.6 Å². The van der Waals surface area contributed by atoms with E-state index < -0.39 is 0 Å². The number of hydrogen-bond donors (Lipinski definition) is 1. The number of carbonyl (C=O) groups excluding carboxylic acids is 1. The number of carbonyl (C=O) groups is 1. The highest BCUT2D eigenvalue weighted by atomic mass is 16.5. The van der Waals surface area contributed by atoms with E-state index in [-0.39, 0.29) is 17.9 Å². The zero-order chi connectivity index (χ0) is 16.4. The van der Waals surface area contributed by atoms with E-state index in [1.807, 2.05) is 0 Å². The Morgan fingerprint density at radius 1 is 1.17 bits per heavy atom. The van der Waals surface area contributed by atoms with Crippen LogP contribution in [0.25, 0.3) is 0 Å². The quantitative estimate of drug-likeness (QED) is 0.877. The van der Waals surface area contributed by atoms with E-state index >= 15 is 0 Å². The number of aromatic nitrogens is 2. The van der Waals surface area contributed by atoms with Gasteiger partial charge >= 0.3 is 0 Å². The SMILES string of the molecule is O=C(CN1CCCC(c2noc(C3CC3)n2)C1)NC1CCOCC1. The number of hydrogen-bond acceptors (Lipinski definition) is 6. The van der Waals surface area contributed by atoms with Crippen LogP contribution in [-0.4, -0.2) is 59.8 Å². The Morgan fingerprint density at radius 2 is 2.00 bits per heavy atom. The maximum absolute atomic E-state index is 12.3. The van der Waals surface area contributed by atoms with Gasteiger partial charge in [-0.05, 0) is 45.1 Å². The summed E-state index contributed by atoms with van der Waals surface area (Å²) in [6, 6.07) is 0.269. The van der Waals surface area contributed by atoms with Gasteiger partial charge in [0.25, 0.3) is 0 Å². The summed E-state index contributed by atoms with van der Waals surface area (Å²) in [5.41, 5.74) is 0. The summed E-state index contributed by atoms with van der Waals surface area (Å²) >= 11 is 0. The average Bonchev–Trinajstić information content (AvgIpc) is 3.33. The lowest BCUT2D eigenvalue weighted by Gasteiger charge is -2.31. The van der Waals surface area contributed by atoms with Crippen molar-refractivity contribution in [2.75, 3.05) is 32.8 Å². The van der Waals surface area contributed by atoms with Gasteiger partial charge in [-0.2, -0.15) is 4.98 Å². The number of rotatable bonds is 5. The predicted octanol–water partition coefficient (Wildman–Crippen LogP) is 1.42. The Hall–Kier alpha value is -1.47. The predicted molar refractivity (Wildman–Crippen MR) is 86.7 cm³/mol. The molecular weight excluding hydrogens is 308 g/mol. The van der Waals surface area contributed by atoms with E-state index in [0.717, 1.165) is 63.7 Å². The van der Waals surface area contributed by atoms with Crippen molar-refractivity contribution in [2.45, 2.75) is 56.4 Å². The summed E-state index contributed by atoms with van der Waals surface area (Å²) in [7, 11) is 0. The highest BCUT2D eigenvalue weighted by Crippen LogP contribution is 2.39. The molecule has 0 aromatic carbocycles. The molecular formula is C17H26N4O3. The minimum Gasteiger partial charge on any atom is -0.381 e. The second kappa shape index (κ2) is 7.19. The molecule has 1 amide bonds. The van der Waals surface area contributed by atoms with Crippen molar-refractivity contribution in [3.63, 3.8) is 0 Å². The van der Waals surface area contributed by atoms with Crippen LogP contribution in [0.15, 0.2) is 4.52 Å². The van der Waals surface area contributed by atoms with Gasteiger partial charge in [0.2, 0.25) is 11.8 Å². The van der Waals surface area contributed by atoms with Gasteiger partial charge in [0.05, 0.1) is 6.54 Å². The number of ether oxygens (including phenoxy) is 1. The molecule has 2 saturated heterocycles. The van der Waals surface area contributed by atoms with Crippen molar-refractivity contribution in [1.82, 2.24) is 20.4 Å². The van der Waals surface area contributed by atoms with Crippen molar-refractivity contribution in [2.24, 2.45) is 0 Å². The number of nitrogens with one attached hydrogen (secondary N) is 1. The first-order valence-corrected chi connectivity index (χ1v) is 9.21. The Labute approximate surface area is 142 Å². The van der Waals surface area contributed by atoms with E-state index in [2.05, 4.69) is 20.4 Å². The summed E-state index contributed by atoms with van der Waals surface area (Å²) in [6.07, 6.45) is 6.32. The van der Waals surface area contributed by atoms with Gasteiger partial charge in [-0.25, -0.2) is 0 Å². The molecule has 24 heavy (non-hydrogen) atoms. The molecule has 1 aliphatic carbocycles. The largest absolute Gasteiger partial charge is 0.381 e. The van der Waals surface area contributed by atoms with E-state index in [9.17, 15) is 4.79 Å². The topological polar surface area (TPSA) is 80.5 Å². The minimum atomic E-state index is 0.120.